The summed E-state index contributed by atoms with van der Waals surface area (Å²) in [5.74, 6) is 1.92. The highest BCUT2D eigenvalue weighted by Gasteiger charge is 2.32. The van der Waals surface area contributed by atoms with Crippen LogP contribution < -0.4 is 5.73 Å². The molecule has 0 amide bonds. The number of hydrogen-bond donors (Lipinski definition) is 1. The van der Waals surface area contributed by atoms with E-state index < -0.39 is 0 Å². The lowest BCUT2D eigenvalue weighted by Crippen LogP contribution is -2.50. The van der Waals surface area contributed by atoms with Crippen LogP contribution >= 0.6 is 0 Å². The monoisotopic (exact) mass is 210 g/mol. The number of likely N-dealkylation sites (tertiary alicyclic amines) is 1. The first-order chi connectivity index (χ1) is 7.20. The second-order valence-corrected chi connectivity index (χ2v) is 5.79. The summed E-state index contributed by atoms with van der Waals surface area (Å²) in [4.78, 5) is 2.68. The topological polar surface area (TPSA) is 29.3 Å². The van der Waals surface area contributed by atoms with E-state index in [0.717, 1.165) is 24.4 Å². The van der Waals surface area contributed by atoms with Crippen molar-refractivity contribution in [3.8, 4) is 0 Å². The highest BCUT2D eigenvalue weighted by atomic mass is 15.2. The molecule has 3 unspecified atom stereocenters. The molecule has 1 aliphatic heterocycles. The fraction of sp³-hybridized carbons (Fsp3) is 1.00. The standard InChI is InChI=1S/C13H26N2/c1-10-5-6-15(13(7-10)9-14)11(2)8-12-3-4-12/h10-13H,3-9,14H2,1-2H3. The van der Waals surface area contributed by atoms with Gasteiger partial charge in [-0.3, -0.25) is 4.90 Å². The van der Waals surface area contributed by atoms with E-state index in [1.54, 1.807) is 0 Å². The molecule has 0 radical (unpaired) electrons. The number of rotatable bonds is 4. The van der Waals surface area contributed by atoms with Crippen LogP contribution in [0.2, 0.25) is 0 Å². The molecule has 3 atom stereocenters. The Hall–Kier alpha value is -0.0800. The van der Waals surface area contributed by atoms with Gasteiger partial charge in [0.15, 0.2) is 0 Å². The fourth-order valence-corrected chi connectivity index (χ4v) is 3.05. The van der Waals surface area contributed by atoms with Gasteiger partial charge in [-0.05, 0) is 44.6 Å². The molecule has 88 valence electrons. The first-order valence-corrected chi connectivity index (χ1v) is 6.66. The fourth-order valence-electron chi connectivity index (χ4n) is 3.05. The van der Waals surface area contributed by atoms with E-state index in [2.05, 4.69) is 18.7 Å². The summed E-state index contributed by atoms with van der Waals surface area (Å²) in [7, 11) is 0. The van der Waals surface area contributed by atoms with E-state index in [0.29, 0.717) is 6.04 Å². The maximum atomic E-state index is 5.90. The third kappa shape index (κ3) is 2.94. The Morgan fingerprint density at radius 2 is 2.07 bits per heavy atom. The van der Waals surface area contributed by atoms with Gasteiger partial charge in [-0.15, -0.1) is 0 Å². The largest absolute Gasteiger partial charge is 0.329 e. The Balaban J connectivity index is 1.87. The van der Waals surface area contributed by atoms with Crippen molar-refractivity contribution in [2.75, 3.05) is 13.1 Å². The molecule has 1 saturated heterocycles. The molecule has 0 aromatic rings. The molecule has 2 heteroatoms. The van der Waals surface area contributed by atoms with Crippen LogP contribution in [-0.4, -0.2) is 30.1 Å². The lowest BCUT2D eigenvalue weighted by Gasteiger charge is -2.41. The lowest BCUT2D eigenvalue weighted by molar-refractivity contribution is 0.0771. The molecule has 2 fully saturated rings. The quantitative estimate of drug-likeness (QED) is 0.771. The molecule has 2 N–H and O–H groups in total. The normalized spacial score (nSPS) is 35.4. The maximum absolute atomic E-state index is 5.90. The minimum absolute atomic E-state index is 0.655. The van der Waals surface area contributed by atoms with Gasteiger partial charge >= 0.3 is 0 Å². The molecule has 1 aliphatic carbocycles. The van der Waals surface area contributed by atoms with Crippen molar-refractivity contribution >= 4 is 0 Å². The molecule has 0 aromatic carbocycles. The zero-order valence-electron chi connectivity index (χ0n) is 10.3. The molecule has 2 nitrogen and oxygen atoms in total. The van der Waals surface area contributed by atoms with E-state index in [1.165, 1.54) is 38.6 Å². The van der Waals surface area contributed by atoms with Crippen LogP contribution in [0.3, 0.4) is 0 Å². The molecular weight excluding hydrogens is 184 g/mol. The molecule has 0 spiro atoms. The number of nitrogens with two attached hydrogens (primary N) is 1. The first kappa shape index (κ1) is 11.4. The Morgan fingerprint density at radius 1 is 1.33 bits per heavy atom. The summed E-state index contributed by atoms with van der Waals surface area (Å²) in [6.45, 7) is 6.89. The number of piperidine rings is 1. The summed E-state index contributed by atoms with van der Waals surface area (Å²) in [6.07, 6.45) is 7.03. The lowest BCUT2D eigenvalue weighted by atomic mass is 9.90. The van der Waals surface area contributed by atoms with E-state index in [-0.39, 0.29) is 0 Å². The van der Waals surface area contributed by atoms with Crippen molar-refractivity contribution in [3.05, 3.63) is 0 Å². The Bertz CT molecular complexity index is 201. The second kappa shape index (κ2) is 4.84. The summed E-state index contributed by atoms with van der Waals surface area (Å²) < 4.78 is 0. The molecule has 2 aliphatic rings. The van der Waals surface area contributed by atoms with Crippen LogP contribution in [0.4, 0.5) is 0 Å². The van der Waals surface area contributed by atoms with Crippen molar-refractivity contribution in [1.82, 2.24) is 4.90 Å². The van der Waals surface area contributed by atoms with E-state index >= 15 is 0 Å². The molecule has 15 heavy (non-hydrogen) atoms. The van der Waals surface area contributed by atoms with Gasteiger partial charge in [0, 0.05) is 18.6 Å². The van der Waals surface area contributed by atoms with Crippen LogP contribution in [0.1, 0.15) is 46.0 Å². The van der Waals surface area contributed by atoms with E-state index in [4.69, 9.17) is 5.73 Å². The predicted molar refractivity (Wildman–Crippen MR) is 64.7 cm³/mol. The molecular formula is C13H26N2. The average molecular weight is 210 g/mol. The molecule has 1 saturated carbocycles. The van der Waals surface area contributed by atoms with Gasteiger partial charge in [0.05, 0.1) is 0 Å². The zero-order chi connectivity index (χ0) is 10.8. The number of nitrogens with zero attached hydrogens (tertiary/aromatic N) is 1. The van der Waals surface area contributed by atoms with Crippen LogP contribution in [0.5, 0.6) is 0 Å². The van der Waals surface area contributed by atoms with Gasteiger partial charge in [-0.1, -0.05) is 19.8 Å². The first-order valence-electron chi connectivity index (χ1n) is 6.66. The van der Waals surface area contributed by atoms with Crippen molar-refractivity contribution in [3.63, 3.8) is 0 Å². The van der Waals surface area contributed by atoms with Crippen LogP contribution in [0.15, 0.2) is 0 Å². The second-order valence-electron chi connectivity index (χ2n) is 5.79. The molecule has 2 rings (SSSR count). The summed E-state index contributed by atoms with van der Waals surface area (Å²) in [5, 5.41) is 0. The minimum atomic E-state index is 0.655. The van der Waals surface area contributed by atoms with Crippen LogP contribution in [0.25, 0.3) is 0 Å². The molecule has 0 bridgehead atoms. The van der Waals surface area contributed by atoms with Gasteiger partial charge < -0.3 is 5.73 Å². The Morgan fingerprint density at radius 3 is 2.67 bits per heavy atom. The van der Waals surface area contributed by atoms with Gasteiger partial charge in [-0.25, -0.2) is 0 Å². The van der Waals surface area contributed by atoms with Gasteiger partial charge in [0.1, 0.15) is 0 Å². The van der Waals surface area contributed by atoms with Crippen LogP contribution in [-0.2, 0) is 0 Å². The Kier molecular flexibility index (Phi) is 3.68. The highest BCUT2D eigenvalue weighted by Crippen LogP contribution is 2.36. The van der Waals surface area contributed by atoms with Gasteiger partial charge in [0.2, 0.25) is 0 Å². The Labute approximate surface area is 94.2 Å². The van der Waals surface area contributed by atoms with Crippen molar-refractivity contribution in [1.29, 1.82) is 0 Å². The zero-order valence-corrected chi connectivity index (χ0v) is 10.3. The van der Waals surface area contributed by atoms with Gasteiger partial charge in [-0.2, -0.15) is 0 Å². The minimum Gasteiger partial charge on any atom is -0.329 e. The molecule has 0 aromatic heterocycles. The van der Waals surface area contributed by atoms with E-state index in [9.17, 15) is 0 Å². The highest BCUT2D eigenvalue weighted by molar-refractivity contribution is 4.87. The summed E-state index contributed by atoms with van der Waals surface area (Å²) >= 11 is 0. The van der Waals surface area contributed by atoms with Crippen molar-refractivity contribution in [2.24, 2.45) is 17.6 Å². The van der Waals surface area contributed by atoms with Gasteiger partial charge in [0.25, 0.3) is 0 Å². The average Bonchev–Trinajstić information content (AvgIpc) is 3.01. The van der Waals surface area contributed by atoms with E-state index in [1.807, 2.05) is 0 Å². The third-order valence-electron chi connectivity index (χ3n) is 4.23. The number of hydrogen-bond acceptors (Lipinski definition) is 2. The maximum Gasteiger partial charge on any atom is 0.0223 e. The van der Waals surface area contributed by atoms with Crippen molar-refractivity contribution in [2.45, 2.75) is 58.0 Å². The van der Waals surface area contributed by atoms with Crippen molar-refractivity contribution < 1.29 is 0 Å². The smallest absolute Gasteiger partial charge is 0.0223 e. The third-order valence-corrected chi connectivity index (χ3v) is 4.23. The predicted octanol–water partition coefficient (Wildman–Crippen LogP) is 2.23. The SMILES string of the molecule is CC1CCN(C(C)CC2CC2)C(CN)C1. The molecule has 1 heterocycles. The van der Waals surface area contributed by atoms with Crippen LogP contribution in [0, 0.1) is 11.8 Å². The summed E-state index contributed by atoms with van der Waals surface area (Å²) in [6, 6.07) is 1.42. The summed E-state index contributed by atoms with van der Waals surface area (Å²) in [5.41, 5.74) is 5.90.